The zero-order valence-corrected chi connectivity index (χ0v) is 11.3. The third-order valence-electron chi connectivity index (χ3n) is 3.07. The number of hydrogen-bond donors (Lipinski definition) is 1. The lowest BCUT2D eigenvalue weighted by Gasteiger charge is -2.20. The van der Waals surface area contributed by atoms with Gasteiger partial charge in [-0.05, 0) is 19.1 Å². The predicted molar refractivity (Wildman–Crippen MR) is 72.5 cm³/mol. The molecule has 6 heteroatoms. The van der Waals surface area contributed by atoms with Crippen LogP contribution < -0.4 is 10.1 Å². The van der Waals surface area contributed by atoms with Crippen molar-refractivity contribution in [2.75, 3.05) is 26.3 Å². The van der Waals surface area contributed by atoms with Crippen molar-refractivity contribution in [3.05, 3.63) is 30.1 Å². The van der Waals surface area contributed by atoms with E-state index in [1.165, 1.54) is 0 Å². The number of aromatic nitrogens is 2. The molecule has 20 heavy (non-hydrogen) atoms. The first kappa shape index (κ1) is 13.1. The molecule has 1 saturated heterocycles. The van der Waals surface area contributed by atoms with Crippen LogP contribution in [0.3, 0.4) is 0 Å². The highest BCUT2D eigenvalue weighted by atomic mass is 16.5. The molecule has 1 atom stereocenters. The van der Waals surface area contributed by atoms with Gasteiger partial charge in [-0.3, -0.25) is 0 Å². The molecule has 0 amide bonds. The molecule has 6 nitrogen and oxygen atoms in total. The molecule has 2 heterocycles. The average molecular weight is 275 g/mol. The Morgan fingerprint density at radius 1 is 1.40 bits per heavy atom. The zero-order valence-electron chi connectivity index (χ0n) is 11.3. The van der Waals surface area contributed by atoms with Gasteiger partial charge >= 0.3 is 0 Å². The van der Waals surface area contributed by atoms with Gasteiger partial charge in [-0.1, -0.05) is 17.3 Å². The van der Waals surface area contributed by atoms with Crippen LogP contribution in [0.2, 0.25) is 0 Å². The fraction of sp³-hybridized carbons (Fsp3) is 0.429. The molecule has 1 aromatic heterocycles. The minimum absolute atomic E-state index is 0.152. The Labute approximate surface area is 117 Å². The highest BCUT2D eigenvalue weighted by Crippen LogP contribution is 2.29. The molecule has 0 bridgehead atoms. The predicted octanol–water partition coefficient (Wildman–Crippen LogP) is 1.80. The number of benzene rings is 1. The quantitative estimate of drug-likeness (QED) is 0.917. The number of hydrogen-bond acceptors (Lipinski definition) is 6. The zero-order chi connectivity index (χ0) is 13.8. The van der Waals surface area contributed by atoms with Crippen molar-refractivity contribution < 1.29 is 14.0 Å². The summed E-state index contributed by atoms with van der Waals surface area (Å²) in [6.07, 6.45) is -0.152. The fourth-order valence-corrected chi connectivity index (χ4v) is 2.13. The summed E-state index contributed by atoms with van der Waals surface area (Å²) in [6, 6.07) is 7.63. The highest BCUT2D eigenvalue weighted by molar-refractivity contribution is 5.62. The monoisotopic (exact) mass is 275 g/mol. The van der Waals surface area contributed by atoms with Crippen LogP contribution in [0, 0.1) is 0 Å². The molecule has 1 N–H and O–H groups in total. The molecule has 1 aliphatic heterocycles. The summed E-state index contributed by atoms with van der Waals surface area (Å²) < 4.78 is 16.5. The molecule has 1 fully saturated rings. The summed E-state index contributed by atoms with van der Waals surface area (Å²) in [5.41, 5.74) is 0.803. The van der Waals surface area contributed by atoms with E-state index in [4.69, 9.17) is 14.0 Å². The van der Waals surface area contributed by atoms with Gasteiger partial charge in [0.2, 0.25) is 5.82 Å². The van der Waals surface area contributed by atoms with Crippen molar-refractivity contribution in [1.29, 1.82) is 0 Å². The van der Waals surface area contributed by atoms with E-state index in [2.05, 4.69) is 15.5 Å². The minimum atomic E-state index is -0.152. The Morgan fingerprint density at radius 3 is 3.10 bits per heavy atom. The first-order valence-corrected chi connectivity index (χ1v) is 6.76. The van der Waals surface area contributed by atoms with E-state index >= 15 is 0 Å². The molecule has 0 saturated carbocycles. The van der Waals surface area contributed by atoms with Gasteiger partial charge in [0.25, 0.3) is 5.89 Å². The lowest BCUT2D eigenvalue weighted by molar-refractivity contribution is 0.0208. The van der Waals surface area contributed by atoms with Crippen molar-refractivity contribution in [1.82, 2.24) is 15.5 Å². The van der Waals surface area contributed by atoms with E-state index in [1.54, 1.807) is 0 Å². The Bertz CT molecular complexity index is 564. The molecule has 1 aromatic carbocycles. The number of nitrogens with zero attached hydrogens (tertiary/aromatic N) is 2. The van der Waals surface area contributed by atoms with Crippen molar-refractivity contribution in [3.8, 4) is 17.2 Å². The summed E-state index contributed by atoms with van der Waals surface area (Å²) in [6.45, 7) is 4.75. The maximum Gasteiger partial charge on any atom is 0.261 e. The molecule has 0 spiro atoms. The maximum absolute atomic E-state index is 5.61. The lowest BCUT2D eigenvalue weighted by Crippen LogP contribution is -2.33. The molecule has 0 aliphatic carbocycles. The van der Waals surface area contributed by atoms with Crippen LogP contribution in [0.4, 0.5) is 0 Å². The molecular weight excluding hydrogens is 258 g/mol. The van der Waals surface area contributed by atoms with E-state index in [-0.39, 0.29) is 6.10 Å². The van der Waals surface area contributed by atoms with Crippen LogP contribution in [-0.4, -0.2) is 36.4 Å². The Hall–Kier alpha value is -1.92. The largest absolute Gasteiger partial charge is 0.493 e. The van der Waals surface area contributed by atoms with Gasteiger partial charge in [0.15, 0.2) is 0 Å². The second kappa shape index (κ2) is 6.02. The van der Waals surface area contributed by atoms with Gasteiger partial charge in [0, 0.05) is 13.1 Å². The van der Waals surface area contributed by atoms with E-state index < -0.39 is 0 Å². The molecule has 106 valence electrons. The van der Waals surface area contributed by atoms with Crippen molar-refractivity contribution in [2.45, 2.75) is 13.0 Å². The third-order valence-corrected chi connectivity index (χ3v) is 3.07. The van der Waals surface area contributed by atoms with Crippen LogP contribution in [0.1, 0.15) is 18.9 Å². The second-order valence-electron chi connectivity index (χ2n) is 4.45. The van der Waals surface area contributed by atoms with Crippen molar-refractivity contribution >= 4 is 0 Å². The number of nitrogens with one attached hydrogen (secondary N) is 1. The molecule has 2 aromatic rings. The van der Waals surface area contributed by atoms with E-state index in [1.807, 2.05) is 31.2 Å². The third kappa shape index (κ3) is 2.66. The van der Waals surface area contributed by atoms with Gasteiger partial charge in [0.1, 0.15) is 11.9 Å². The minimum Gasteiger partial charge on any atom is -0.493 e. The summed E-state index contributed by atoms with van der Waals surface area (Å²) in [4.78, 5) is 4.42. The maximum atomic E-state index is 5.61. The smallest absolute Gasteiger partial charge is 0.261 e. The molecule has 1 unspecified atom stereocenters. The van der Waals surface area contributed by atoms with Crippen LogP contribution in [-0.2, 0) is 4.74 Å². The van der Waals surface area contributed by atoms with E-state index in [0.717, 1.165) is 17.9 Å². The van der Waals surface area contributed by atoms with E-state index in [0.29, 0.717) is 31.5 Å². The first-order valence-electron chi connectivity index (χ1n) is 6.76. The first-order chi connectivity index (χ1) is 9.88. The van der Waals surface area contributed by atoms with E-state index in [9.17, 15) is 0 Å². The van der Waals surface area contributed by atoms with Gasteiger partial charge in [-0.25, -0.2) is 0 Å². The van der Waals surface area contributed by atoms with Gasteiger partial charge in [0.05, 0.1) is 18.8 Å². The van der Waals surface area contributed by atoms with Crippen molar-refractivity contribution in [3.63, 3.8) is 0 Å². The second-order valence-corrected chi connectivity index (χ2v) is 4.45. The number of ether oxygens (including phenoxy) is 2. The fourth-order valence-electron chi connectivity index (χ4n) is 2.13. The molecule has 3 rings (SSSR count). The van der Waals surface area contributed by atoms with Crippen LogP contribution in [0.15, 0.2) is 28.8 Å². The van der Waals surface area contributed by atoms with Crippen LogP contribution in [0.25, 0.3) is 11.5 Å². The summed E-state index contributed by atoms with van der Waals surface area (Å²) in [5.74, 6) is 1.77. The number of rotatable bonds is 4. The lowest BCUT2D eigenvalue weighted by atomic mass is 10.2. The summed E-state index contributed by atoms with van der Waals surface area (Å²) >= 11 is 0. The Balaban J connectivity index is 1.86. The van der Waals surface area contributed by atoms with Crippen molar-refractivity contribution in [2.24, 2.45) is 0 Å². The SMILES string of the molecule is CCOc1ccccc1-c1nc(C2CNCCO2)no1. The average Bonchev–Trinajstić information content (AvgIpc) is 2.99. The molecule has 0 radical (unpaired) electrons. The number of para-hydroxylation sites is 1. The number of morpholine rings is 1. The van der Waals surface area contributed by atoms with Gasteiger partial charge in [-0.15, -0.1) is 0 Å². The highest BCUT2D eigenvalue weighted by Gasteiger charge is 2.22. The van der Waals surface area contributed by atoms with Crippen LogP contribution >= 0.6 is 0 Å². The van der Waals surface area contributed by atoms with Gasteiger partial charge < -0.3 is 19.3 Å². The topological polar surface area (TPSA) is 69.4 Å². The standard InChI is InChI=1S/C14H17N3O3/c1-2-18-11-6-4-3-5-10(11)14-16-13(17-20-14)12-9-15-7-8-19-12/h3-6,12,15H,2,7-9H2,1H3. The Morgan fingerprint density at radius 2 is 2.30 bits per heavy atom. The molecule has 1 aliphatic rings. The van der Waals surface area contributed by atoms with Crippen LogP contribution in [0.5, 0.6) is 5.75 Å². The summed E-state index contributed by atoms with van der Waals surface area (Å²) in [7, 11) is 0. The Kier molecular flexibility index (Phi) is 3.94. The molecular formula is C14H17N3O3. The summed E-state index contributed by atoms with van der Waals surface area (Å²) in [5, 5.41) is 7.25. The normalized spacial score (nSPS) is 18.9. The van der Waals surface area contributed by atoms with Gasteiger partial charge in [-0.2, -0.15) is 4.98 Å².